The molecule has 1 heterocycles. The first kappa shape index (κ1) is 19.2. The molecule has 1 aromatic carbocycles. The van der Waals surface area contributed by atoms with E-state index in [1.165, 1.54) is 4.31 Å². The number of nitrogens with one attached hydrogen (secondary N) is 1. The fourth-order valence-corrected chi connectivity index (χ4v) is 3.56. The van der Waals surface area contributed by atoms with Gasteiger partial charge in [-0.2, -0.15) is 0 Å². The molecule has 0 saturated heterocycles. The highest BCUT2D eigenvalue weighted by Crippen LogP contribution is 2.28. The first-order valence-electron chi connectivity index (χ1n) is 7.72. The summed E-state index contributed by atoms with van der Waals surface area (Å²) in [5.74, 6) is -0.190. The Balaban J connectivity index is 2.02. The largest absolute Gasteiger partial charge is 0.325 e. The highest BCUT2D eigenvalue weighted by molar-refractivity contribution is 7.92. The van der Waals surface area contributed by atoms with Crippen molar-refractivity contribution >= 4 is 38.9 Å². The van der Waals surface area contributed by atoms with E-state index in [0.29, 0.717) is 28.4 Å². The molecule has 0 spiro atoms. The molecule has 0 saturated carbocycles. The average Bonchev–Trinajstić information content (AvgIpc) is 2.54. The van der Waals surface area contributed by atoms with Crippen molar-refractivity contribution in [2.45, 2.75) is 19.8 Å². The van der Waals surface area contributed by atoms with E-state index in [2.05, 4.69) is 10.3 Å². The highest BCUT2D eigenvalue weighted by Gasteiger charge is 2.20. The van der Waals surface area contributed by atoms with Crippen LogP contribution >= 0.6 is 11.6 Å². The summed E-state index contributed by atoms with van der Waals surface area (Å²) in [5, 5.41) is 3.22. The van der Waals surface area contributed by atoms with Gasteiger partial charge in [-0.25, -0.2) is 8.42 Å². The van der Waals surface area contributed by atoms with Crippen LogP contribution in [0, 0.1) is 6.92 Å². The molecule has 0 fully saturated rings. The number of halogens is 1. The second kappa shape index (κ2) is 8.31. The molecule has 1 amide bonds. The molecule has 0 aliphatic rings. The Morgan fingerprint density at radius 1 is 1.28 bits per heavy atom. The monoisotopic (exact) mass is 381 g/mol. The van der Waals surface area contributed by atoms with Gasteiger partial charge in [-0.15, -0.1) is 0 Å². The van der Waals surface area contributed by atoms with Crippen LogP contribution < -0.4 is 9.62 Å². The number of nitrogens with zero attached hydrogens (tertiary/aromatic N) is 2. The van der Waals surface area contributed by atoms with Crippen molar-refractivity contribution < 1.29 is 13.2 Å². The molecule has 0 aliphatic carbocycles. The molecule has 25 heavy (non-hydrogen) atoms. The van der Waals surface area contributed by atoms with Crippen LogP contribution in [0.25, 0.3) is 0 Å². The predicted octanol–water partition coefficient (Wildman–Crippen LogP) is 3.23. The van der Waals surface area contributed by atoms with Crippen LogP contribution in [0.5, 0.6) is 0 Å². The second-order valence-electron chi connectivity index (χ2n) is 5.61. The number of rotatable bonds is 7. The minimum atomic E-state index is -3.48. The van der Waals surface area contributed by atoms with E-state index in [9.17, 15) is 13.2 Å². The number of pyridine rings is 1. The molecule has 0 radical (unpaired) electrons. The molecule has 6 nitrogen and oxygen atoms in total. The lowest BCUT2D eigenvalue weighted by molar-refractivity contribution is -0.116. The number of aromatic nitrogens is 1. The third-order valence-corrected chi connectivity index (χ3v) is 5.21. The van der Waals surface area contributed by atoms with Crippen molar-refractivity contribution in [3.63, 3.8) is 0 Å². The minimum absolute atomic E-state index is 0.190. The van der Waals surface area contributed by atoms with Crippen molar-refractivity contribution in [2.24, 2.45) is 0 Å². The van der Waals surface area contributed by atoms with E-state index in [0.717, 1.165) is 6.26 Å². The van der Waals surface area contributed by atoms with E-state index in [1.54, 1.807) is 49.6 Å². The van der Waals surface area contributed by atoms with Gasteiger partial charge in [0.2, 0.25) is 15.9 Å². The summed E-state index contributed by atoms with van der Waals surface area (Å²) in [7, 11) is -3.48. The Morgan fingerprint density at radius 3 is 2.68 bits per heavy atom. The van der Waals surface area contributed by atoms with Gasteiger partial charge in [0.05, 0.1) is 23.8 Å². The number of sulfonamides is 1. The van der Waals surface area contributed by atoms with Crippen molar-refractivity contribution in [2.75, 3.05) is 22.4 Å². The maximum atomic E-state index is 12.1. The molecule has 0 atom stereocenters. The molecule has 0 unspecified atom stereocenters. The van der Waals surface area contributed by atoms with Crippen molar-refractivity contribution in [1.82, 2.24) is 4.98 Å². The molecule has 134 valence electrons. The van der Waals surface area contributed by atoms with E-state index in [1.807, 2.05) is 0 Å². The van der Waals surface area contributed by atoms with Gasteiger partial charge in [0.1, 0.15) is 0 Å². The zero-order chi connectivity index (χ0) is 18.4. The van der Waals surface area contributed by atoms with E-state index >= 15 is 0 Å². The van der Waals surface area contributed by atoms with Gasteiger partial charge in [-0.05, 0) is 43.2 Å². The summed E-state index contributed by atoms with van der Waals surface area (Å²) >= 11 is 6.09. The van der Waals surface area contributed by atoms with Crippen LogP contribution in [0.2, 0.25) is 5.02 Å². The molecule has 8 heteroatoms. The van der Waals surface area contributed by atoms with Gasteiger partial charge in [-0.1, -0.05) is 17.7 Å². The van der Waals surface area contributed by atoms with Crippen LogP contribution in [0.15, 0.2) is 42.7 Å². The fourth-order valence-electron chi connectivity index (χ4n) is 2.37. The Labute approximate surface area is 152 Å². The molecule has 0 bridgehead atoms. The lowest BCUT2D eigenvalue weighted by Crippen LogP contribution is -2.32. The Hall–Kier alpha value is -2.12. The van der Waals surface area contributed by atoms with Crippen LogP contribution in [-0.2, 0) is 14.8 Å². The Bertz CT molecular complexity index is 841. The zero-order valence-electron chi connectivity index (χ0n) is 14.1. The topological polar surface area (TPSA) is 79.4 Å². The summed E-state index contributed by atoms with van der Waals surface area (Å²) in [6.07, 6.45) is 4.89. The van der Waals surface area contributed by atoms with Crippen LogP contribution in [-0.4, -0.2) is 32.1 Å². The van der Waals surface area contributed by atoms with Crippen molar-refractivity contribution in [1.29, 1.82) is 0 Å². The first-order valence-corrected chi connectivity index (χ1v) is 9.94. The van der Waals surface area contributed by atoms with Gasteiger partial charge in [0, 0.05) is 24.2 Å². The summed E-state index contributed by atoms with van der Waals surface area (Å²) in [6, 6.07) is 8.59. The number of benzene rings is 1. The molecule has 0 aliphatic heterocycles. The van der Waals surface area contributed by atoms with Crippen molar-refractivity contribution in [3.05, 3.63) is 53.3 Å². The van der Waals surface area contributed by atoms with Crippen LogP contribution in [0.3, 0.4) is 0 Å². The highest BCUT2D eigenvalue weighted by atomic mass is 35.5. The molecular weight excluding hydrogens is 362 g/mol. The quantitative estimate of drug-likeness (QED) is 0.798. The summed E-state index contributed by atoms with van der Waals surface area (Å²) < 4.78 is 25.6. The first-order chi connectivity index (χ1) is 11.8. The van der Waals surface area contributed by atoms with Crippen LogP contribution in [0.1, 0.15) is 18.4 Å². The minimum Gasteiger partial charge on any atom is -0.325 e. The standard InChI is InChI=1S/C17H20ClN3O3S/c1-13-15(18)7-3-8-16(13)21(25(2,23)24)11-5-9-17(22)20-14-6-4-10-19-12-14/h3-4,6-8,10,12H,5,9,11H2,1-2H3,(H,20,22). The predicted molar refractivity (Wildman–Crippen MR) is 100 cm³/mol. The van der Waals surface area contributed by atoms with Crippen molar-refractivity contribution in [3.8, 4) is 0 Å². The van der Waals surface area contributed by atoms with Gasteiger partial charge < -0.3 is 5.32 Å². The van der Waals surface area contributed by atoms with E-state index < -0.39 is 10.0 Å². The summed E-state index contributed by atoms with van der Waals surface area (Å²) in [6.45, 7) is 1.96. The normalized spacial score (nSPS) is 11.2. The SMILES string of the molecule is Cc1c(Cl)cccc1N(CCCC(=O)Nc1cccnc1)S(C)(=O)=O. The van der Waals surface area contributed by atoms with Crippen LogP contribution in [0.4, 0.5) is 11.4 Å². The summed E-state index contributed by atoms with van der Waals surface area (Å²) in [5.41, 5.74) is 1.83. The average molecular weight is 382 g/mol. The maximum absolute atomic E-state index is 12.1. The molecule has 2 rings (SSSR count). The number of carbonyl (C=O) groups is 1. The number of anilines is 2. The van der Waals surface area contributed by atoms with Gasteiger partial charge in [0.25, 0.3) is 0 Å². The molecule has 2 aromatic rings. The lowest BCUT2D eigenvalue weighted by atomic mass is 10.2. The fraction of sp³-hybridized carbons (Fsp3) is 0.294. The number of hydrogen-bond acceptors (Lipinski definition) is 4. The van der Waals surface area contributed by atoms with E-state index in [4.69, 9.17) is 11.6 Å². The van der Waals surface area contributed by atoms with E-state index in [-0.39, 0.29) is 18.9 Å². The maximum Gasteiger partial charge on any atom is 0.232 e. The van der Waals surface area contributed by atoms with Gasteiger partial charge in [0.15, 0.2) is 0 Å². The number of hydrogen-bond donors (Lipinski definition) is 1. The van der Waals surface area contributed by atoms with Gasteiger partial charge in [-0.3, -0.25) is 14.1 Å². The lowest BCUT2D eigenvalue weighted by Gasteiger charge is -2.24. The zero-order valence-corrected chi connectivity index (χ0v) is 15.6. The summed E-state index contributed by atoms with van der Waals surface area (Å²) in [4.78, 5) is 15.9. The second-order valence-corrected chi connectivity index (χ2v) is 7.93. The Morgan fingerprint density at radius 2 is 2.04 bits per heavy atom. The molecule has 1 aromatic heterocycles. The molecular formula is C17H20ClN3O3S. The third-order valence-electron chi connectivity index (χ3n) is 3.62. The third kappa shape index (κ3) is 5.44. The number of amides is 1. The Kier molecular flexibility index (Phi) is 6.39. The van der Waals surface area contributed by atoms with Gasteiger partial charge >= 0.3 is 0 Å². The smallest absolute Gasteiger partial charge is 0.232 e. The number of carbonyl (C=O) groups excluding carboxylic acids is 1. The molecule has 1 N–H and O–H groups in total.